The molecule has 3 rings (SSSR count). The van der Waals surface area contributed by atoms with Crippen LogP contribution in [-0.2, 0) is 10.0 Å². The Morgan fingerprint density at radius 3 is 2.40 bits per heavy atom. The molecule has 0 unspecified atom stereocenters. The zero-order chi connectivity index (χ0) is 22.1. The molecule has 0 atom stereocenters. The summed E-state index contributed by atoms with van der Waals surface area (Å²) in [7, 11) is -4.31. The lowest BCUT2D eigenvalue weighted by atomic mass is 10.2. The average molecular weight is 430 g/mol. The number of amides is 1. The summed E-state index contributed by atoms with van der Waals surface area (Å²) in [4.78, 5) is 24.0. The number of nitrogens with zero attached hydrogens (tertiary/aromatic N) is 2. The molecule has 0 bridgehead atoms. The van der Waals surface area contributed by atoms with Crippen LogP contribution in [0.3, 0.4) is 0 Å². The van der Waals surface area contributed by atoms with Crippen LogP contribution in [0, 0.1) is 24.0 Å². The number of aromatic hydroxyl groups is 1. The van der Waals surface area contributed by atoms with Crippen molar-refractivity contribution in [1.82, 2.24) is 14.8 Å². The van der Waals surface area contributed by atoms with Gasteiger partial charge < -0.3 is 9.67 Å². The van der Waals surface area contributed by atoms with E-state index in [1.807, 2.05) is 46.7 Å². The van der Waals surface area contributed by atoms with Crippen molar-refractivity contribution in [3.8, 4) is 11.4 Å². The van der Waals surface area contributed by atoms with Crippen molar-refractivity contribution in [3.63, 3.8) is 0 Å². The summed E-state index contributed by atoms with van der Waals surface area (Å²) in [5, 5.41) is 20.4. The first-order valence-electron chi connectivity index (χ1n) is 8.65. The molecule has 1 heterocycles. The van der Waals surface area contributed by atoms with Crippen LogP contribution in [-0.4, -0.2) is 28.9 Å². The summed E-state index contributed by atoms with van der Waals surface area (Å²) in [6.45, 7) is 3.54. The molecule has 0 aliphatic heterocycles. The Morgan fingerprint density at radius 2 is 1.77 bits per heavy atom. The number of hydrogen-bond acceptors (Lipinski definition) is 6. The molecule has 3 N–H and O–H groups in total. The minimum absolute atomic E-state index is 0.260. The second kappa shape index (κ2) is 7.97. The Hall–Kier alpha value is -3.70. The van der Waals surface area contributed by atoms with Crippen molar-refractivity contribution < 1.29 is 23.2 Å². The third-order valence-corrected chi connectivity index (χ3v) is 5.69. The van der Waals surface area contributed by atoms with Crippen molar-refractivity contribution in [3.05, 3.63) is 81.7 Å². The lowest BCUT2D eigenvalue weighted by molar-refractivity contribution is -0.386. The molecule has 0 spiro atoms. The Labute approximate surface area is 171 Å². The van der Waals surface area contributed by atoms with E-state index < -0.39 is 37.2 Å². The van der Waals surface area contributed by atoms with E-state index in [0.29, 0.717) is 11.8 Å². The predicted octanol–water partition coefficient (Wildman–Crippen LogP) is 2.33. The van der Waals surface area contributed by atoms with Crippen LogP contribution in [0.5, 0.6) is 5.75 Å². The topological polar surface area (TPSA) is 144 Å². The van der Waals surface area contributed by atoms with E-state index in [0.717, 1.165) is 23.5 Å². The molecule has 156 valence electrons. The monoisotopic (exact) mass is 430 g/mol. The van der Waals surface area contributed by atoms with E-state index in [2.05, 4.69) is 5.43 Å². The van der Waals surface area contributed by atoms with Crippen LogP contribution in [0.15, 0.2) is 59.5 Å². The summed E-state index contributed by atoms with van der Waals surface area (Å²) in [6.07, 6.45) is 0. The van der Waals surface area contributed by atoms with Gasteiger partial charge in [0.1, 0.15) is 0 Å². The number of hydrazine groups is 1. The van der Waals surface area contributed by atoms with Crippen LogP contribution in [0.25, 0.3) is 5.69 Å². The fraction of sp³-hybridized carbons (Fsp3) is 0.105. The highest BCUT2D eigenvalue weighted by molar-refractivity contribution is 7.89. The quantitative estimate of drug-likeness (QED) is 0.404. The number of para-hydroxylation sites is 1. The van der Waals surface area contributed by atoms with Crippen molar-refractivity contribution in [2.45, 2.75) is 18.7 Å². The Morgan fingerprint density at radius 1 is 1.10 bits per heavy atom. The smallest absolute Gasteiger partial charge is 0.312 e. The van der Waals surface area contributed by atoms with E-state index >= 15 is 0 Å². The van der Waals surface area contributed by atoms with E-state index in [1.165, 1.54) is 0 Å². The highest BCUT2D eigenvalue weighted by atomic mass is 32.2. The molecule has 10 nitrogen and oxygen atoms in total. The van der Waals surface area contributed by atoms with Crippen molar-refractivity contribution >= 4 is 21.6 Å². The maximum absolute atomic E-state index is 12.6. The van der Waals surface area contributed by atoms with E-state index in [9.17, 15) is 28.4 Å². The van der Waals surface area contributed by atoms with Crippen LogP contribution < -0.4 is 10.3 Å². The van der Waals surface area contributed by atoms with Crippen molar-refractivity contribution in [1.29, 1.82) is 0 Å². The van der Waals surface area contributed by atoms with Gasteiger partial charge in [-0.1, -0.05) is 18.2 Å². The molecule has 0 saturated heterocycles. The number of benzene rings is 2. The SMILES string of the molecule is Cc1cc(C(=O)NNS(=O)(=O)c2ccc(O)c([N+](=O)[O-])c2)c(C)n1-c1ccccc1. The Balaban J connectivity index is 1.82. The summed E-state index contributed by atoms with van der Waals surface area (Å²) in [6, 6.07) is 13.5. The number of rotatable bonds is 6. The standard InChI is InChI=1S/C19H18N4O6S/c1-12-10-16(13(2)22(12)14-6-4-3-5-7-14)19(25)20-21-30(28,29)15-8-9-18(24)17(11-15)23(26)27/h3-11,21,24H,1-2H3,(H,20,25). The highest BCUT2D eigenvalue weighted by Gasteiger charge is 2.23. The predicted molar refractivity (Wildman–Crippen MR) is 108 cm³/mol. The van der Waals surface area contributed by atoms with Gasteiger partial charge in [0.2, 0.25) is 0 Å². The van der Waals surface area contributed by atoms with Gasteiger partial charge in [0, 0.05) is 23.1 Å². The maximum atomic E-state index is 12.6. The maximum Gasteiger partial charge on any atom is 0.312 e. The number of carbonyl (C=O) groups excluding carboxylic acids is 1. The lowest BCUT2D eigenvalue weighted by Crippen LogP contribution is -2.41. The van der Waals surface area contributed by atoms with Gasteiger partial charge in [-0.05, 0) is 44.2 Å². The number of aryl methyl sites for hydroxylation is 1. The normalized spacial score (nSPS) is 11.3. The second-order valence-electron chi connectivity index (χ2n) is 6.42. The van der Waals surface area contributed by atoms with Crippen LogP contribution in [0.4, 0.5) is 5.69 Å². The average Bonchev–Trinajstić information content (AvgIpc) is 3.01. The molecule has 3 aromatic rings. The molecular formula is C19H18N4O6S. The number of nitrogens with one attached hydrogen (secondary N) is 2. The van der Waals surface area contributed by atoms with Gasteiger partial charge in [-0.3, -0.25) is 20.3 Å². The van der Waals surface area contributed by atoms with Gasteiger partial charge in [-0.15, -0.1) is 4.83 Å². The van der Waals surface area contributed by atoms with Crippen molar-refractivity contribution in [2.75, 3.05) is 0 Å². The minimum Gasteiger partial charge on any atom is -0.502 e. The zero-order valence-electron chi connectivity index (χ0n) is 16.0. The van der Waals surface area contributed by atoms with Crippen LogP contribution in [0.1, 0.15) is 21.7 Å². The van der Waals surface area contributed by atoms with Crippen LogP contribution >= 0.6 is 0 Å². The summed E-state index contributed by atoms with van der Waals surface area (Å²) >= 11 is 0. The third-order valence-electron chi connectivity index (χ3n) is 4.44. The molecule has 0 radical (unpaired) electrons. The Kier molecular flexibility index (Phi) is 5.58. The number of nitro benzene ring substituents is 1. The fourth-order valence-corrected chi connectivity index (χ4v) is 3.88. The van der Waals surface area contributed by atoms with Gasteiger partial charge in [0.25, 0.3) is 15.9 Å². The molecule has 2 aromatic carbocycles. The number of sulfonamides is 1. The molecule has 0 aliphatic carbocycles. The number of carbonyl (C=O) groups is 1. The summed E-state index contributed by atoms with van der Waals surface area (Å²) < 4.78 is 26.6. The first-order valence-corrected chi connectivity index (χ1v) is 10.1. The molecular weight excluding hydrogens is 412 g/mol. The zero-order valence-corrected chi connectivity index (χ0v) is 16.8. The molecule has 0 saturated carbocycles. The van der Waals surface area contributed by atoms with Gasteiger partial charge in [-0.25, -0.2) is 8.42 Å². The van der Waals surface area contributed by atoms with Gasteiger partial charge in [0.05, 0.1) is 15.4 Å². The van der Waals surface area contributed by atoms with E-state index in [-0.39, 0.29) is 5.56 Å². The minimum atomic E-state index is -4.31. The van der Waals surface area contributed by atoms with Crippen molar-refractivity contribution in [2.24, 2.45) is 0 Å². The van der Waals surface area contributed by atoms with Gasteiger partial charge in [-0.2, -0.15) is 0 Å². The number of phenols is 1. The van der Waals surface area contributed by atoms with E-state index in [1.54, 1.807) is 13.0 Å². The van der Waals surface area contributed by atoms with E-state index in [4.69, 9.17) is 0 Å². The molecule has 1 aromatic heterocycles. The first kappa shape index (κ1) is 21.0. The lowest BCUT2D eigenvalue weighted by Gasteiger charge is -2.11. The third kappa shape index (κ3) is 4.02. The molecule has 0 aliphatic rings. The molecule has 30 heavy (non-hydrogen) atoms. The van der Waals surface area contributed by atoms with Gasteiger partial charge >= 0.3 is 5.69 Å². The first-order chi connectivity index (χ1) is 14.1. The highest BCUT2D eigenvalue weighted by Crippen LogP contribution is 2.28. The molecule has 11 heteroatoms. The Bertz CT molecular complexity index is 1240. The number of aromatic nitrogens is 1. The van der Waals surface area contributed by atoms with Crippen LogP contribution in [0.2, 0.25) is 0 Å². The number of phenolic OH excluding ortho intramolecular Hbond substituents is 1. The molecule has 1 amide bonds. The number of nitro groups is 1. The fourth-order valence-electron chi connectivity index (χ4n) is 3.02. The summed E-state index contributed by atoms with van der Waals surface area (Å²) in [5.41, 5.74) is 3.84. The molecule has 0 fully saturated rings. The van der Waals surface area contributed by atoms with Gasteiger partial charge in [0.15, 0.2) is 5.75 Å². The second-order valence-corrected chi connectivity index (χ2v) is 8.11. The summed E-state index contributed by atoms with van der Waals surface area (Å²) in [5.74, 6) is -1.36. The largest absolute Gasteiger partial charge is 0.502 e. The number of hydrogen-bond donors (Lipinski definition) is 3.